The summed E-state index contributed by atoms with van der Waals surface area (Å²) < 4.78 is 1.44. The highest BCUT2D eigenvalue weighted by atomic mass is 16.3. The Morgan fingerprint density at radius 3 is 3.00 bits per heavy atom. The number of nitrogens with one attached hydrogen (secondary N) is 1. The largest absolute Gasteiger partial charge is 0.507 e. The molecule has 4 rings (SSSR count). The maximum atomic E-state index is 13.0. The summed E-state index contributed by atoms with van der Waals surface area (Å²) in [5, 5.41) is 28.2. The first-order valence-electron chi connectivity index (χ1n) is 8.36. The number of piperidine rings is 1. The number of H-pyrrole nitrogens is 1. The summed E-state index contributed by atoms with van der Waals surface area (Å²) in [4.78, 5) is 19.1. The highest BCUT2D eigenvalue weighted by Gasteiger charge is 2.29. The second-order valence-electron chi connectivity index (χ2n) is 6.33. The van der Waals surface area contributed by atoms with Crippen LogP contribution in [0, 0.1) is 6.92 Å². The molecule has 1 atom stereocenters. The Labute approximate surface area is 148 Å². The normalized spacial score (nSPS) is 17.4. The average molecular weight is 354 g/mol. The van der Waals surface area contributed by atoms with Gasteiger partial charge in [-0.15, -0.1) is 5.10 Å². The number of carbonyl (C=O) groups is 1. The number of carbonyl (C=O) groups excluding carboxylic acids is 1. The molecule has 1 aromatic carbocycles. The van der Waals surface area contributed by atoms with Crippen LogP contribution in [-0.4, -0.2) is 64.4 Å². The summed E-state index contributed by atoms with van der Waals surface area (Å²) in [6.45, 7) is 3.00. The van der Waals surface area contributed by atoms with Crippen molar-refractivity contribution in [1.82, 2.24) is 40.3 Å². The van der Waals surface area contributed by atoms with Gasteiger partial charge < -0.3 is 10.0 Å². The number of aromatic amines is 1. The summed E-state index contributed by atoms with van der Waals surface area (Å²) in [5.41, 5.74) is 0.833. The zero-order valence-corrected chi connectivity index (χ0v) is 14.2. The molecule has 0 aliphatic carbocycles. The van der Waals surface area contributed by atoms with Gasteiger partial charge in [0, 0.05) is 19.0 Å². The smallest absolute Gasteiger partial charge is 0.257 e. The Morgan fingerprint density at radius 2 is 2.27 bits per heavy atom. The van der Waals surface area contributed by atoms with Crippen LogP contribution in [0.2, 0.25) is 0 Å². The molecular formula is C16H18N8O2. The number of nitrogens with zero attached hydrogens (tertiary/aromatic N) is 7. The molecule has 0 radical (unpaired) electrons. The molecule has 1 aliphatic rings. The van der Waals surface area contributed by atoms with Crippen molar-refractivity contribution in [2.75, 3.05) is 13.1 Å². The minimum atomic E-state index is -0.227. The van der Waals surface area contributed by atoms with Crippen LogP contribution in [0.4, 0.5) is 0 Å². The van der Waals surface area contributed by atoms with E-state index in [4.69, 9.17) is 0 Å². The number of aromatic nitrogens is 7. The zero-order valence-electron chi connectivity index (χ0n) is 14.2. The molecule has 10 nitrogen and oxygen atoms in total. The van der Waals surface area contributed by atoms with E-state index in [1.165, 1.54) is 17.1 Å². The molecule has 1 aliphatic heterocycles. The number of amides is 1. The summed E-state index contributed by atoms with van der Waals surface area (Å²) >= 11 is 0. The Balaban J connectivity index is 1.58. The van der Waals surface area contributed by atoms with E-state index in [2.05, 4.69) is 30.7 Å². The van der Waals surface area contributed by atoms with Crippen molar-refractivity contribution >= 4 is 5.91 Å². The van der Waals surface area contributed by atoms with Crippen LogP contribution >= 0.6 is 0 Å². The summed E-state index contributed by atoms with van der Waals surface area (Å²) in [7, 11) is 0. The Bertz CT molecular complexity index is 920. The van der Waals surface area contributed by atoms with Gasteiger partial charge in [-0.05, 0) is 48.4 Å². The minimum Gasteiger partial charge on any atom is -0.507 e. The van der Waals surface area contributed by atoms with Crippen molar-refractivity contribution < 1.29 is 9.90 Å². The van der Waals surface area contributed by atoms with Crippen molar-refractivity contribution in [2.45, 2.75) is 25.7 Å². The number of hydrogen-bond acceptors (Lipinski definition) is 7. The molecule has 1 fully saturated rings. The van der Waals surface area contributed by atoms with Crippen molar-refractivity contribution in [3.63, 3.8) is 0 Å². The SMILES string of the molecule is Cc1nc([C@H]2CCCN(C(=O)c3cc(-n4cnnn4)ccc3O)C2)n[nH]1. The first-order chi connectivity index (χ1) is 12.6. The number of aryl methyl sites for hydroxylation is 1. The van der Waals surface area contributed by atoms with Crippen LogP contribution in [0.1, 0.15) is 40.8 Å². The van der Waals surface area contributed by atoms with Gasteiger partial charge in [0.05, 0.1) is 11.3 Å². The van der Waals surface area contributed by atoms with Gasteiger partial charge in [-0.2, -0.15) is 5.10 Å². The average Bonchev–Trinajstić information content (AvgIpc) is 3.33. The molecule has 134 valence electrons. The summed E-state index contributed by atoms with van der Waals surface area (Å²) in [5.74, 6) is 1.28. The molecular weight excluding hydrogens is 336 g/mol. The molecule has 1 amide bonds. The molecule has 3 aromatic rings. The number of benzene rings is 1. The van der Waals surface area contributed by atoms with E-state index in [1.807, 2.05) is 6.92 Å². The van der Waals surface area contributed by atoms with Crippen LogP contribution in [0.25, 0.3) is 5.69 Å². The lowest BCUT2D eigenvalue weighted by atomic mass is 9.96. The molecule has 26 heavy (non-hydrogen) atoms. The highest BCUT2D eigenvalue weighted by molar-refractivity contribution is 5.97. The van der Waals surface area contributed by atoms with Gasteiger partial charge in [0.1, 0.15) is 17.9 Å². The van der Waals surface area contributed by atoms with Gasteiger partial charge in [-0.1, -0.05) is 0 Å². The van der Waals surface area contributed by atoms with Gasteiger partial charge in [0.25, 0.3) is 5.91 Å². The van der Waals surface area contributed by atoms with Gasteiger partial charge in [0.15, 0.2) is 5.82 Å². The number of likely N-dealkylation sites (tertiary alicyclic amines) is 1. The maximum absolute atomic E-state index is 13.0. The van der Waals surface area contributed by atoms with Crippen molar-refractivity contribution in [3.8, 4) is 11.4 Å². The predicted molar refractivity (Wildman–Crippen MR) is 89.8 cm³/mol. The van der Waals surface area contributed by atoms with Crippen molar-refractivity contribution in [3.05, 3.63) is 41.7 Å². The molecule has 2 N–H and O–H groups in total. The number of hydrogen-bond donors (Lipinski definition) is 2. The third kappa shape index (κ3) is 3.01. The van der Waals surface area contributed by atoms with Crippen LogP contribution in [0.3, 0.4) is 0 Å². The second-order valence-corrected chi connectivity index (χ2v) is 6.33. The van der Waals surface area contributed by atoms with Gasteiger partial charge in [0.2, 0.25) is 0 Å². The number of aromatic hydroxyl groups is 1. The standard InChI is InChI=1S/C16H18N8O2/c1-10-18-15(20-19-10)11-3-2-6-23(8-11)16(26)13-7-12(4-5-14(13)25)24-9-17-21-22-24/h4-5,7,9,11,25H,2-3,6,8H2,1H3,(H,18,19,20)/t11-/m0/s1. The maximum Gasteiger partial charge on any atom is 0.257 e. The molecule has 0 spiro atoms. The van der Waals surface area contributed by atoms with E-state index in [9.17, 15) is 9.90 Å². The second kappa shape index (κ2) is 6.54. The highest BCUT2D eigenvalue weighted by Crippen LogP contribution is 2.28. The van der Waals surface area contributed by atoms with Crippen LogP contribution in [-0.2, 0) is 0 Å². The van der Waals surface area contributed by atoms with Crippen molar-refractivity contribution in [2.24, 2.45) is 0 Å². The lowest BCUT2D eigenvalue weighted by Gasteiger charge is -2.31. The van der Waals surface area contributed by atoms with E-state index in [1.54, 1.807) is 17.0 Å². The lowest BCUT2D eigenvalue weighted by molar-refractivity contribution is 0.0701. The molecule has 1 saturated heterocycles. The molecule has 3 heterocycles. The van der Waals surface area contributed by atoms with E-state index in [0.29, 0.717) is 18.8 Å². The molecule has 2 aromatic heterocycles. The molecule has 0 unspecified atom stereocenters. The van der Waals surface area contributed by atoms with E-state index < -0.39 is 0 Å². The molecule has 10 heteroatoms. The zero-order chi connectivity index (χ0) is 18.1. The fourth-order valence-electron chi connectivity index (χ4n) is 3.20. The van der Waals surface area contributed by atoms with Crippen LogP contribution < -0.4 is 0 Å². The van der Waals surface area contributed by atoms with Crippen molar-refractivity contribution in [1.29, 1.82) is 0 Å². The third-order valence-electron chi connectivity index (χ3n) is 4.51. The fourth-order valence-corrected chi connectivity index (χ4v) is 3.20. The van der Waals surface area contributed by atoms with E-state index in [0.717, 1.165) is 24.5 Å². The summed E-state index contributed by atoms with van der Waals surface area (Å²) in [6.07, 6.45) is 3.22. The predicted octanol–water partition coefficient (Wildman–Crippen LogP) is 0.814. The Morgan fingerprint density at radius 1 is 1.38 bits per heavy atom. The first-order valence-corrected chi connectivity index (χ1v) is 8.36. The Hall–Kier alpha value is -3.30. The van der Waals surface area contributed by atoms with E-state index >= 15 is 0 Å². The fraction of sp³-hybridized carbons (Fsp3) is 0.375. The molecule has 0 bridgehead atoms. The topological polar surface area (TPSA) is 126 Å². The number of tetrazole rings is 1. The number of rotatable bonds is 3. The third-order valence-corrected chi connectivity index (χ3v) is 4.51. The van der Waals surface area contributed by atoms with E-state index in [-0.39, 0.29) is 23.1 Å². The Kier molecular flexibility index (Phi) is 4.07. The minimum absolute atomic E-state index is 0.0670. The van der Waals surface area contributed by atoms with Crippen LogP contribution in [0.15, 0.2) is 24.5 Å². The lowest BCUT2D eigenvalue weighted by Crippen LogP contribution is -2.39. The van der Waals surface area contributed by atoms with Gasteiger partial charge >= 0.3 is 0 Å². The monoisotopic (exact) mass is 354 g/mol. The summed E-state index contributed by atoms with van der Waals surface area (Å²) in [6, 6.07) is 4.72. The number of phenolic OH excluding ortho intramolecular Hbond substituents is 1. The first kappa shape index (κ1) is 16.2. The molecule has 0 saturated carbocycles. The quantitative estimate of drug-likeness (QED) is 0.713. The van der Waals surface area contributed by atoms with Gasteiger partial charge in [-0.3, -0.25) is 9.89 Å². The number of phenols is 1. The van der Waals surface area contributed by atoms with Gasteiger partial charge in [-0.25, -0.2) is 9.67 Å². The van der Waals surface area contributed by atoms with Crippen LogP contribution in [0.5, 0.6) is 5.75 Å².